The Labute approximate surface area is 168 Å². The van der Waals surface area contributed by atoms with Crippen LogP contribution in [0.5, 0.6) is 5.75 Å². The van der Waals surface area contributed by atoms with Gasteiger partial charge in [-0.3, -0.25) is 4.79 Å². The van der Waals surface area contributed by atoms with Crippen molar-refractivity contribution in [3.8, 4) is 5.75 Å². The number of ether oxygens (including phenoxy) is 2. The van der Waals surface area contributed by atoms with Gasteiger partial charge < -0.3 is 25.0 Å². The Kier molecular flexibility index (Phi) is 6.33. The second-order valence-electron chi connectivity index (χ2n) is 6.50. The van der Waals surface area contributed by atoms with Gasteiger partial charge in [0.1, 0.15) is 5.75 Å². The van der Waals surface area contributed by atoms with Gasteiger partial charge in [0.15, 0.2) is 0 Å². The van der Waals surface area contributed by atoms with Gasteiger partial charge in [-0.1, -0.05) is 0 Å². The number of amides is 3. The number of hydrogen-bond acceptors (Lipinski definition) is 5. The highest BCUT2D eigenvalue weighted by Crippen LogP contribution is 2.24. The number of methoxy groups -OCH3 is 1. The summed E-state index contributed by atoms with van der Waals surface area (Å²) in [5.41, 5.74) is 1.70. The quantitative estimate of drug-likeness (QED) is 0.731. The summed E-state index contributed by atoms with van der Waals surface area (Å²) in [6, 6.07) is 12.9. The van der Waals surface area contributed by atoms with Crippen LogP contribution in [0.1, 0.15) is 23.7 Å². The van der Waals surface area contributed by atoms with Crippen LogP contribution in [0.25, 0.3) is 0 Å². The lowest BCUT2D eigenvalue weighted by Gasteiger charge is -2.18. The van der Waals surface area contributed by atoms with Gasteiger partial charge >= 0.3 is 12.0 Å². The van der Waals surface area contributed by atoms with E-state index in [1.54, 1.807) is 55.3 Å². The Balaban J connectivity index is 1.54. The van der Waals surface area contributed by atoms with Gasteiger partial charge in [-0.05, 0) is 55.5 Å². The maximum absolute atomic E-state index is 12.3. The highest BCUT2D eigenvalue weighted by Gasteiger charge is 2.31. The fourth-order valence-electron chi connectivity index (χ4n) is 3.07. The Morgan fingerprint density at radius 2 is 1.79 bits per heavy atom. The third-order valence-corrected chi connectivity index (χ3v) is 4.50. The molecule has 0 aliphatic carbocycles. The molecule has 2 aromatic carbocycles. The molecule has 1 unspecified atom stereocenters. The van der Waals surface area contributed by atoms with Crippen LogP contribution in [-0.4, -0.2) is 44.2 Å². The molecule has 0 aromatic heterocycles. The van der Waals surface area contributed by atoms with E-state index in [1.807, 2.05) is 12.1 Å². The lowest BCUT2D eigenvalue weighted by Crippen LogP contribution is -2.39. The van der Waals surface area contributed by atoms with Crippen LogP contribution < -0.4 is 20.3 Å². The first kappa shape index (κ1) is 20.2. The molecular weight excluding hydrogens is 374 g/mol. The Hall–Kier alpha value is -3.55. The van der Waals surface area contributed by atoms with Crippen LogP contribution in [0.15, 0.2) is 48.5 Å². The van der Waals surface area contributed by atoms with Crippen LogP contribution in [0.4, 0.5) is 16.2 Å². The molecule has 0 spiro atoms. The Morgan fingerprint density at radius 1 is 1.10 bits per heavy atom. The van der Waals surface area contributed by atoms with E-state index in [1.165, 1.54) is 0 Å². The molecule has 2 aromatic rings. The number of nitrogens with one attached hydrogen (secondary N) is 2. The van der Waals surface area contributed by atoms with Crippen LogP contribution in [0, 0.1) is 0 Å². The molecule has 0 saturated carbocycles. The molecule has 0 radical (unpaired) electrons. The van der Waals surface area contributed by atoms with E-state index >= 15 is 0 Å². The molecule has 1 saturated heterocycles. The lowest BCUT2D eigenvalue weighted by atomic mass is 10.2. The molecule has 0 bridgehead atoms. The molecule has 1 heterocycles. The molecule has 8 heteroatoms. The van der Waals surface area contributed by atoms with Crippen molar-refractivity contribution in [1.82, 2.24) is 5.32 Å². The number of esters is 1. The second-order valence-corrected chi connectivity index (χ2v) is 6.50. The van der Waals surface area contributed by atoms with Crippen molar-refractivity contribution in [2.75, 3.05) is 30.5 Å². The van der Waals surface area contributed by atoms with Crippen molar-refractivity contribution in [2.24, 2.45) is 0 Å². The smallest absolute Gasteiger partial charge is 0.338 e. The SMILES string of the molecule is CCOC(=O)c1ccc(NC(=O)NC2CC(=O)N(c3ccc(OC)cc3)C2)cc1. The van der Waals surface area contributed by atoms with Crippen molar-refractivity contribution in [3.63, 3.8) is 0 Å². The molecular formula is C21H23N3O5. The first-order chi connectivity index (χ1) is 14.0. The Morgan fingerprint density at radius 3 is 2.41 bits per heavy atom. The molecule has 1 atom stereocenters. The average Bonchev–Trinajstić information content (AvgIpc) is 3.08. The molecule has 8 nitrogen and oxygen atoms in total. The summed E-state index contributed by atoms with van der Waals surface area (Å²) in [4.78, 5) is 37.9. The minimum Gasteiger partial charge on any atom is -0.497 e. The molecule has 3 rings (SSSR count). The number of nitrogens with zero attached hydrogens (tertiary/aromatic N) is 1. The van der Waals surface area contributed by atoms with Gasteiger partial charge in [0.2, 0.25) is 5.91 Å². The van der Waals surface area contributed by atoms with Crippen LogP contribution in [0.2, 0.25) is 0 Å². The van der Waals surface area contributed by atoms with Gasteiger partial charge in [0.25, 0.3) is 0 Å². The summed E-state index contributed by atoms with van der Waals surface area (Å²) in [6.07, 6.45) is 0.223. The van der Waals surface area contributed by atoms with Crippen molar-refractivity contribution in [2.45, 2.75) is 19.4 Å². The number of carbonyl (C=O) groups excluding carboxylic acids is 3. The highest BCUT2D eigenvalue weighted by molar-refractivity contribution is 5.98. The average molecular weight is 397 g/mol. The summed E-state index contributed by atoms with van der Waals surface area (Å²) in [6.45, 7) is 2.43. The summed E-state index contributed by atoms with van der Waals surface area (Å²) < 4.78 is 10.1. The maximum atomic E-state index is 12.3. The largest absolute Gasteiger partial charge is 0.497 e. The minimum atomic E-state index is -0.414. The number of carbonyl (C=O) groups is 3. The summed E-state index contributed by atoms with van der Waals surface area (Å²) in [5.74, 6) is 0.245. The topological polar surface area (TPSA) is 97.0 Å². The zero-order valence-corrected chi connectivity index (χ0v) is 16.3. The van der Waals surface area contributed by atoms with Gasteiger partial charge in [0.05, 0.1) is 25.3 Å². The Bertz CT molecular complexity index is 880. The van der Waals surface area contributed by atoms with E-state index in [4.69, 9.17) is 9.47 Å². The van der Waals surface area contributed by atoms with E-state index in [9.17, 15) is 14.4 Å². The lowest BCUT2D eigenvalue weighted by molar-refractivity contribution is -0.117. The first-order valence-corrected chi connectivity index (χ1v) is 9.29. The van der Waals surface area contributed by atoms with Gasteiger partial charge in [-0.15, -0.1) is 0 Å². The maximum Gasteiger partial charge on any atom is 0.338 e. The number of hydrogen-bond donors (Lipinski definition) is 2. The van der Waals surface area contributed by atoms with Gasteiger partial charge in [0, 0.05) is 24.3 Å². The molecule has 1 fully saturated rings. The van der Waals surface area contributed by atoms with Crippen LogP contribution in [-0.2, 0) is 9.53 Å². The van der Waals surface area contributed by atoms with Crippen LogP contribution >= 0.6 is 0 Å². The molecule has 1 aliphatic heterocycles. The normalized spacial score (nSPS) is 15.7. The van der Waals surface area contributed by atoms with Crippen LogP contribution in [0.3, 0.4) is 0 Å². The number of anilines is 2. The predicted octanol–water partition coefficient (Wildman–Crippen LogP) is 2.80. The fraction of sp³-hybridized carbons (Fsp3) is 0.286. The van der Waals surface area contributed by atoms with Crippen molar-refractivity contribution < 1.29 is 23.9 Å². The third kappa shape index (κ3) is 5.04. The van der Waals surface area contributed by atoms with Gasteiger partial charge in [-0.2, -0.15) is 0 Å². The molecule has 1 aliphatic rings. The number of urea groups is 1. The second kappa shape index (κ2) is 9.09. The summed E-state index contributed by atoms with van der Waals surface area (Å²) >= 11 is 0. The monoisotopic (exact) mass is 397 g/mol. The van der Waals surface area contributed by atoms with Gasteiger partial charge in [-0.25, -0.2) is 9.59 Å². The van der Waals surface area contributed by atoms with E-state index in [0.29, 0.717) is 30.2 Å². The first-order valence-electron chi connectivity index (χ1n) is 9.29. The minimum absolute atomic E-state index is 0.0562. The number of rotatable bonds is 6. The van der Waals surface area contributed by atoms with E-state index in [0.717, 1.165) is 5.69 Å². The van der Waals surface area contributed by atoms with E-state index in [2.05, 4.69) is 10.6 Å². The highest BCUT2D eigenvalue weighted by atomic mass is 16.5. The number of benzene rings is 2. The molecule has 29 heavy (non-hydrogen) atoms. The fourth-order valence-corrected chi connectivity index (χ4v) is 3.07. The molecule has 152 valence electrons. The van der Waals surface area contributed by atoms with E-state index in [-0.39, 0.29) is 18.4 Å². The zero-order valence-electron chi connectivity index (χ0n) is 16.3. The molecule has 2 N–H and O–H groups in total. The summed E-state index contributed by atoms with van der Waals surface area (Å²) in [5, 5.41) is 5.51. The standard InChI is InChI=1S/C21H23N3O5/c1-3-29-20(26)14-4-6-15(7-5-14)22-21(27)23-16-12-19(25)24(13-16)17-8-10-18(28-2)11-9-17/h4-11,16H,3,12-13H2,1-2H3,(H2,22,23,27). The molecule has 3 amide bonds. The van der Waals surface area contributed by atoms with Crippen molar-refractivity contribution >= 4 is 29.3 Å². The zero-order chi connectivity index (χ0) is 20.8. The van der Waals surface area contributed by atoms with E-state index < -0.39 is 12.0 Å². The van der Waals surface area contributed by atoms with Crippen molar-refractivity contribution in [1.29, 1.82) is 0 Å². The summed E-state index contributed by atoms with van der Waals surface area (Å²) in [7, 11) is 1.58. The van der Waals surface area contributed by atoms with Crippen molar-refractivity contribution in [3.05, 3.63) is 54.1 Å². The predicted molar refractivity (Wildman–Crippen MR) is 108 cm³/mol. The third-order valence-electron chi connectivity index (χ3n) is 4.50.